The van der Waals surface area contributed by atoms with Crippen LogP contribution in [0.15, 0.2) is 10.7 Å². The molecule has 3 rings (SSSR count). The maximum Gasteiger partial charge on any atom is 0.236 e. The summed E-state index contributed by atoms with van der Waals surface area (Å²) in [7, 11) is 0. The Morgan fingerprint density at radius 3 is 2.75 bits per heavy atom. The highest BCUT2D eigenvalue weighted by Gasteiger charge is 2.31. The van der Waals surface area contributed by atoms with Crippen molar-refractivity contribution >= 4 is 0 Å². The van der Waals surface area contributed by atoms with E-state index < -0.39 is 0 Å². The first-order valence-electron chi connectivity index (χ1n) is 8.40. The minimum atomic E-state index is -0.108. The molecule has 132 valence electrons. The topological polar surface area (TPSA) is 82.1 Å². The molecule has 8 heteroatoms. The normalized spacial score (nSPS) is 20.0. The zero-order valence-corrected chi connectivity index (χ0v) is 15.1. The fraction of sp³-hybridized carbons (Fsp3) is 0.750. The van der Waals surface area contributed by atoms with Crippen LogP contribution in [0.2, 0.25) is 0 Å². The Hall–Kier alpha value is -1.80. The van der Waals surface area contributed by atoms with Gasteiger partial charge >= 0.3 is 0 Å². The van der Waals surface area contributed by atoms with Gasteiger partial charge in [0, 0.05) is 12.5 Å². The molecule has 1 fully saturated rings. The Balaban J connectivity index is 1.81. The van der Waals surface area contributed by atoms with E-state index in [4.69, 9.17) is 9.15 Å². The molecule has 0 amide bonds. The summed E-state index contributed by atoms with van der Waals surface area (Å²) < 4.78 is 13.5. The molecule has 2 aromatic heterocycles. The Bertz CT molecular complexity index is 672. The third kappa shape index (κ3) is 3.49. The van der Waals surface area contributed by atoms with Crippen molar-refractivity contribution in [3.63, 3.8) is 0 Å². The van der Waals surface area contributed by atoms with E-state index in [-0.39, 0.29) is 17.5 Å². The van der Waals surface area contributed by atoms with Crippen molar-refractivity contribution < 1.29 is 9.15 Å². The Kier molecular flexibility index (Phi) is 4.69. The third-order valence-electron chi connectivity index (χ3n) is 4.07. The van der Waals surface area contributed by atoms with Gasteiger partial charge in [-0.1, -0.05) is 13.8 Å². The molecule has 1 aliphatic rings. The lowest BCUT2D eigenvalue weighted by molar-refractivity contribution is -0.0248. The molecule has 1 saturated heterocycles. The van der Waals surface area contributed by atoms with Crippen LogP contribution < -0.4 is 0 Å². The molecule has 0 N–H and O–H groups in total. The molecular weight excluding hydrogens is 308 g/mol. The number of hydrogen-bond acceptors (Lipinski definition) is 7. The summed E-state index contributed by atoms with van der Waals surface area (Å²) in [6, 6.07) is -0.0520. The molecule has 0 aliphatic carbocycles. The first-order chi connectivity index (χ1) is 11.4. The van der Waals surface area contributed by atoms with Crippen molar-refractivity contribution in [2.75, 3.05) is 19.8 Å². The highest BCUT2D eigenvalue weighted by atomic mass is 16.5. The van der Waals surface area contributed by atoms with Crippen LogP contribution in [0.1, 0.15) is 64.2 Å². The third-order valence-corrected chi connectivity index (χ3v) is 4.07. The number of rotatable bonds is 4. The van der Waals surface area contributed by atoms with Crippen LogP contribution in [0.25, 0.3) is 0 Å². The smallest absolute Gasteiger partial charge is 0.236 e. The molecule has 0 aromatic carbocycles. The lowest BCUT2D eigenvalue weighted by Crippen LogP contribution is -2.40. The zero-order chi connectivity index (χ0) is 17.3. The predicted octanol–water partition coefficient (Wildman–Crippen LogP) is 2.11. The van der Waals surface area contributed by atoms with Crippen LogP contribution in [0, 0.1) is 0 Å². The van der Waals surface area contributed by atoms with Gasteiger partial charge in [0.15, 0.2) is 0 Å². The molecule has 1 atom stereocenters. The highest BCUT2D eigenvalue weighted by Crippen LogP contribution is 2.27. The average molecular weight is 334 g/mol. The molecule has 0 spiro atoms. The van der Waals surface area contributed by atoms with Gasteiger partial charge in [0.2, 0.25) is 11.8 Å². The van der Waals surface area contributed by atoms with E-state index in [9.17, 15) is 0 Å². The van der Waals surface area contributed by atoms with Crippen molar-refractivity contribution in [2.45, 2.75) is 58.7 Å². The Morgan fingerprint density at radius 2 is 2.08 bits per heavy atom. The molecular formula is C16H26N6O2. The van der Waals surface area contributed by atoms with E-state index in [1.165, 1.54) is 0 Å². The van der Waals surface area contributed by atoms with Gasteiger partial charge in [-0.3, -0.25) is 4.90 Å². The van der Waals surface area contributed by atoms with E-state index in [0.717, 1.165) is 12.4 Å². The number of ether oxygens (including phenoxy) is 1. The first kappa shape index (κ1) is 17.0. The molecule has 8 nitrogen and oxygen atoms in total. The van der Waals surface area contributed by atoms with Crippen LogP contribution in [-0.4, -0.2) is 49.6 Å². The molecule has 24 heavy (non-hydrogen) atoms. The fourth-order valence-corrected chi connectivity index (χ4v) is 2.78. The monoisotopic (exact) mass is 334 g/mol. The molecule has 0 bridgehead atoms. The van der Waals surface area contributed by atoms with Crippen molar-refractivity contribution in [3.8, 4) is 0 Å². The second kappa shape index (κ2) is 6.60. The van der Waals surface area contributed by atoms with Crippen molar-refractivity contribution in [1.29, 1.82) is 0 Å². The Morgan fingerprint density at radius 1 is 1.29 bits per heavy atom. The number of nitrogens with zero attached hydrogens (tertiary/aromatic N) is 6. The summed E-state index contributed by atoms with van der Waals surface area (Å²) >= 11 is 0. The van der Waals surface area contributed by atoms with Gasteiger partial charge in [-0.15, -0.1) is 10.2 Å². The predicted molar refractivity (Wildman–Crippen MR) is 87.4 cm³/mol. The van der Waals surface area contributed by atoms with Gasteiger partial charge in [0.05, 0.1) is 25.3 Å². The van der Waals surface area contributed by atoms with E-state index in [1.54, 1.807) is 6.33 Å². The molecule has 1 aliphatic heterocycles. The van der Waals surface area contributed by atoms with Crippen LogP contribution >= 0.6 is 0 Å². The van der Waals surface area contributed by atoms with Crippen molar-refractivity contribution in [2.24, 2.45) is 0 Å². The van der Waals surface area contributed by atoms with Crippen molar-refractivity contribution in [1.82, 2.24) is 29.9 Å². The largest absolute Gasteiger partial charge is 0.423 e. The van der Waals surface area contributed by atoms with Gasteiger partial charge in [-0.2, -0.15) is 5.10 Å². The Labute approximate surface area is 142 Å². The SMILES string of the molecule is CC(C)c1nnc(C2COCCN2Cc2ncnn2C(C)(C)C)o1. The summed E-state index contributed by atoms with van der Waals surface area (Å²) in [5, 5.41) is 12.8. The second-order valence-electron chi connectivity index (χ2n) is 7.45. The summed E-state index contributed by atoms with van der Waals surface area (Å²) in [6.07, 6.45) is 1.61. The average Bonchev–Trinajstić information content (AvgIpc) is 3.16. The number of hydrogen-bond donors (Lipinski definition) is 0. The molecule has 0 radical (unpaired) electrons. The van der Waals surface area contributed by atoms with Gasteiger partial charge < -0.3 is 9.15 Å². The van der Waals surface area contributed by atoms with Gasteiger partial charge in [-0.05, 0) is 20.8 Å². The maximum absolute atomic E-state index is 5.84. The summed E-state index contributed by atoms with van der Waals surface area (Å²) in [4.78, 5) is 6.71. The quantitative estimate of drug-likeness (QED) is 0.847. The van der Waals surface area contributed by atoms with Crippen LogP contribution in [0.3, 0.4) is 0 Å². The molecule has 0 saturated carbocycles. The molecule has 1 unspecified atom stereocenters. The lowest BCUT2D eigenvalue weighted by Gasteiger charge is -2.33. The van der Waals surface area contributed by atoms with Gasteiger partial charge in [0.1, 0.15) is 18.2 Å². The maximum atomic E-state index is 5.84. The van der Waals surface area contributed by atoms with E-state index in [2.05, 4.69) is 46.0 Å². The van der Waals surface area contributed by atoms with Crippen LogP contribution in [0.4, 0.5) is 0 Å². The summed E-state index contributed by atoms with van der Waals surface area (Å²) in [5.74, 6) is 2.42. The van der Waals surface area contributed by atoms with E-state index in [0.29, 0.717) is 31.5 Å². The van der Waals surface area contributed by atoms with Crippen LogP contribution in [0.5, 0.6) is 0 Å². The van der Waals surface area contributed by atoms with Gasteiger partial charge in [0.25, 0.3) is 0 Å². The summed E-state index contributed by atoms with van der Waals surface area (Å²) in [5.41, 5.74) is -0.108. The lowest BCUT2D eigenvalue weighted by atomic mass is 10.1. The van der Waals surface area contributed by atoms with E-state index in [1.807, 2.05) is 18.5 Å². The highest BCUT2D eigenvalue weighted by molar-refractivity contribution is 4.98. The summed E-state index contributed by atoms with van der Waals surface area (Å²) in [6.45, 7) is 13.1. The van der Waals surface area contributed by atoms with Gasteiger partial charge in [-0.25, -0.2) is 9.67 Å². The number of aromatic nitrogens is 5. The first-order valence-corrected chi connectivity index (χ1v) is 8.40. The number of morpholine rings is 1. The second-order valence-corrected chi connectivity index (χ2v) is 7.45. The molecule has 2 aromatic rings. The minimum absolute atomic E-state index is 0.0520. The minimum Gasteiger partial charge on any atom is -0.423 e. The zero-order valence-electron chi connectivity index (χ0n) is 15.1. The van der Waals surface area contributed by atoms with Crippen molar-refractivity contribution in [3.05, 3.63) is 23.9 Å². The molecule has 3 heterocycles. The fourth-order valence-electron chi connectivity index (χ4n) is 2.78. The van der Waals surface area contributed by atoms with Crippen LogP contribution in [-0.2, 0) is 16.8 Å². The van der Waals surface area contributed by atoms with E-state index >= 15 is 0 Å². The standard InChI is InChI=1S/C16H26N6O2/c1-11(2)14-19-20-15(24-14)12-9-23-7-6-21(12)8-13-17-10-18-22(13)16(3,4)5/h10-12H,6-9H2,1-5H3.